The minimum Gasteiger partial charge on any atom is -0.356 e. The first kappa shape index (κ1) is 16.3. The SMILES string of the molecule is S=c1sc(SCc2cc(-c3ccccc3)on2)nn1-c1ccccc1. The van der Waals surface area contributed by atoms with Crippen molar-refractivity contribution in [3.8, 4) is 17.0 Å². The molecular weight excluding hydrogens is 370 g/mol. The lowest BCUT2D eigenvalue weighted by Gasteiger charge is -1.98. The molecule has 25 heavy (non-hydrogen) atoms. The number of nitrogens with zero attached hydrogens (tertiary/aromatic N) is 3. The monoisotopic (exact) mass is 383 g/mol. The van der Waals surface area contributed by atoms with Gasteiger partial charge in [-0.05, 0) is 24.4 Å². The maximum atomic E-state index is 5.43. The van der Waals surface area contributed by atoms with Gasteiger partial charge in [0.1, 0.15) is 0 Å². The van der Waals surface area contributed by atoms with Crippen LogP contribution in [0.2, 0.25) is 0 Å². The lowest BCUT2D eigenvalue weighted by molar-refractivity contribution is 0.426. The van der Waals surface area contributed by atoms with Crippen LogP contribution in [0.5, 0.6) is 0 Å². The third kappa shape index (κ3) is 3.73. The van der Waals surface area contributed by atoms with Gasteiger partial charge in [-0.1, -0.05) is 76.8 Å². The van der Waals surface area contributed by atoms with Crippen molar-refractivity contribution in [2.75, 3.05) is 0 Å². The molecular formula is C18H13N3OS3. The second kappa shape index (κ2) is 7.35. The van der Waals surface area contributed by atoms with Crippen molar-refractivity contribution in [2.45, 2.75) is 10.1 Å². The Morgan fingerprint density at radius 3 is 2.52 bits per heavy atom. The van der Waals surface area contributed by atoms with Crippen molar-refractivity contribution in [1.82, 2.24) is 14.9 Å². The zero-order valence-electron chi connectivity index (χ0n) is 13.0. The van der Waals surface area contributed by atoms with Crippen molar-refractivity contribution < 1.29 is 4.52 Å². The van der Waals surface area contributed by atoms with Crippen LogP contribution in [0.3, 0.4) is 0 Å². The summed E-state index contributed by atoms with van der Waals surface area (Å²) >= 11 is 8.54. The van der Waals surface area contributed by atoms with Gasteiger partial charge in [0.2, 0.25) is 0 Å². The molecule has 124 valence electrons. The van der Waals surface area contributed by atoms with Crippen LogP contribution in [-0.4, -0.2) is 14.9 Å². The van der Waals surface area contributed by atoms with Gasteiger partial charge in [0.15, 0.2) is 14.1 Å². The number of hydrogen-bond acceptors (Lipinski definition) is 6. The summed E-state index contributed by atoms with van der Waals surface area (Å²) in [6.07, 6.45) is 0. The van der Waals surface area contributed by atoms with E-state index in [4.69, 9.17) is 16.7 Å². The molecule has 0 aliphatic carbocycles. The molecule has 0 unspecified atom stereocenters. The molecule has 0 amide bonds. The van der Waals surface area contributed by atoms with Gasteiger partial charge in [-0.15, -0.1) is 5.10 Å². The first-order valence-corrected chi connectivity index (χ1v) is 9.80. The summed E-state index contributed by atoms with van der Waals surface area (Å²) < 4.78 is 8.87. The molecule has 0 spiro atoms. The largest absolute Gasteiger partial charge is 0.356 e. The summed E-state index contributed by atoms with van der Waals surface area (Å²) in [6.45, 7) is 0. The van der Waals surface area contributed by atoms with Gasteiger partial charge in [-0.25, -0.2) is 4.68 Å². The van der Waals surface area contributed by atoms with E-state index in [0.29, 0.717) is 5.75 Å². The molecule has 0 radical (unpaired) electrons. The highest BCUT2D eigenvalue weighted by atomic mass is 32.2. The van der Waals surface area contributed by atoms with E-state index in [1.807, 2.05) is 66.7 Å². The fourth-order valence-corrected chi connectivity index (χ4v) is 4.55. The Morgan fingerprint density at radius 2 is 1.76 bits per heavy atom. The molecule has 0 bridgehead atoms. The Balaban J connectivity index is 1.48. The topological polar surface area (TPSA) is 43.9 Å². The molecule has 0 atom stereocenters. The highest BCUT2D eigenvalue weighted by molar-refractivity contribution is 8.00. The highest BCUT2D eigenvalue weighted by Gasteiger charge is 2.10. The van der Waals surface area contributed by atoms with Crippen LogP contribution in [0, 0.1) is 3.95 Å². The zero-order valence-corrected chi connectivity index (χ0v) is 15.5. The Hall–Kier alpha value is -2.22. The molecule has 0 saturated heterocycles. The average Bonchev–Trinajstić information content (AvgIpc) is 3.28. The Morgan fingerprint density at radius 1 is 1.04 bits per heavy atom. The summed E-state index contributed by atoms with van der Waals surface area (Å²) in [6, 6.07) is 21.8. The van der Waals surface area contributed by atoms with E-state index in [-0.39, 0.29) is 0 Å². The first-order chi connectivity index (χ1) is 12.3. The number of thioether (sulfide) groups is 1. The third-order valence-electron chi connectivity index (χ3n) is 3.49. The van der Waals surface area contributed by atoms with Gasteiger partial charge < -0.3 is 4.52 Å². The molecule has 4 rings (SSSR count). The van der Waals surface area contributed by atoms with Crippen LogP contribution in [-0.2, 0) is 5.75 Å². The molecule has 4 nitrogen and oxygen atoms in total. The molecule has 2 aromatic carbocycles. The van der Waals surface area contributed by atoms with E-state index in [2.05, 4.69) is 10.3 Å². The van der Waals surface area contributed by atoms with Crippen LogP contribution in [0.4, 0.5) is 0 Å². The van der Waals surface area contributed by atoms with Crippen LogP contribution in [0.1, 0.15) is 5.69 Å². The Labute approximate surface area is 158 Å². The van der Waals surface area contributed by atoms with Gasteiger partial charge in [0, 0.05) is 17.4 Å². The smallest absolute Gasteiger partial charge is 0.184 e. The number of hydrogen-bond donors (Lipinski definition) is 0. The van der Waals surface area contributed by atoms with Gasteiger partial charge in [0.25, 0.3) is 0 Å². The lowest BCUT2D eigenvalue weighted by atomic mass is 10.2. The Kier molecular flexibility index (Phi) is 4.78. The molecule has 0 saturated carbocycles. The van der Waals surface area contributed by atoms with E-state index in [1.54, 1.807) is 16.4 Å². The molecule has 0 aliphatic rings. The number of para-hydroxylation sites is 1. The van der Waals surface area contributed by atoms with Crippen LogP contribution in [0.15, 0.2) is 75.6 Å². The molecule has 0 N–H and O–H groups in total. The normalized spacial score (nSPS) is 10.9. The van der Waals surface area contributed by atoms with Crippen LogP contribution in [0.25, 0.3) is 17.0 Å². The minimum absolute atomic E-state index is 0.688. The minimum atomic E-state index is 0.688. The number of aromatic nitrogens is 3. The van der Waals surface area contributed by atoms with E-state index in [9.17, 15) is 0 Å². The predicted octanol–water partition coefficient (Wildman–Crippen LogP) is 5.61. The summed E-state index contributed by atoms with van der Waals surface area (Å²) in [5.74, 6) is 1.46. The lowest BCUT2D eigenvalue weighted by Crippen LogP contribution is -1.95. The van der Waals surface area contributed by atoms with E-state index in [1.165, 1.54) is 11.3 Å². The molecule has 4 aromatic rings. The molecule has 2 heterocycles. The Bertz CT molecular complexity index is 1020. The van der Waals surface area contributed by atoms with E-state index >= 15 is 0 Å². The second-order valence-electron chi connectivity index (χ2n) is 5.22. The van der Waals surface area contributed by atoms with Crippen molar-refractivity contribution in [1.29, 1.82) is 0 Å². The van der Waals surface area contributed by atoms with Gasteiger partial charge in [0.05, 0.1) is 11.4 Å². The second-order valence-corrected chi connectivity index (χ2v) is 8.06. The van der Waals surface area contributed by atoms with Gasteiger partial charge in [-0.3, -0.25) is 0 Å². The average molecular weight is 384 g/mol. The maximum Gasteiger partial charge on any atom is 0.184 e. The summed E-state index contributed by atoms with van der Waals surface area (Å²) in [5.41, 5.74) is 2.88. The van der Waals surface area contributed by atoms with E-state index < -0.39 is 0 Å². The molecule has 0 fully saturated rings. The fourth-order valence-electron chi connectivity index (χ4n) is 2.31. The molecule has 0 aliphatic heterocycles. The van der Waals surface area contributed by atoms with Crippen LogP contribution < -0.4 is 0 Å². The maximum absolute atomic E-state index is 5.43. The fraction of sp³-hybridized carbons (Fsp3) is 0.0556. The van der Waals surface area contributed by atoms with Gasteiger partial charge in [-0.2, -0.15) is 0 Å². The zero-order chi connectivity index (χ0) is 17.1. The van der Waals surface area contributed by atoms with Crippen molar-refractivity contribution in [2.24, 2.45) is 0 Å². The van der Waals surface area contributed by atoms with Crippen molar-refractivity contribution >= 4 is 35.3 Å². The predicted molar refractivity (Wildman–Crippen MR) is 104 cm³/mol. The first-order valence-electron chi connectivity index (χ1n) is 7.59. The summed E-state index contributed by atoms with van der Waals surface area (Å²) in [7, 11) is 0. The van der Waals surface area contributed by atoms with E-state index in [0.717, 1.165) is 31.0 Å². The molecule has 2 aromatic heterocycles. The quantitative estimate of drug-likeness (QED) is 0.331. The number of benzene rings is 2. The standard InChI is InChI=1S/C18H13N3OS3/c23-18-21(15-9-5-2-6-10-15)19-17(25-18)24-12-14-11-16(22-20-14)13-7-3-1-4-8-13/h1-11H,12H2. The highest BCUT2D eigenvalue weighted by Crippen LogP contribution is 2.28. The third-order valence-corrected chi connectivity index (χ3v) is 5.89. The summed E-state index contributed by atoms with van der Waals surface area (Å²) in [4.78, 5) is 0. The number of rotatable bonds is 5. The van der Waals surface area contributed by atoms with Crippen LogP contribution >= 0.6 is 35.3 Å². The summed E-state index contributed by atoms with van der Waals surface area (Å²) in [5, 5.41) is 8.74. The van der Waals surface area contributed by atoms with Crippen molar-refractivity contribution in [3.05, 3.63) is 76.4 Å². The van der Waals surface area contributed by atoms with Gasteiger partial charge >= 0.3 is 0 Å². The van der Waals surface area contributed by atoms with Crippen molar-refractivity contribution in [3.63, 3.8) is 0 Å². The molecule has 7 heteroatoms.